The minimum Gasteiger partial charge on any atom is -0.378 e. The maximum Gasteiger partial charge on any atom is 0.134 e. The zero-order valence-electron chi connectivity index (χ0n) is 13.2. The summed E-state index contributed by atoms with van der Waals surface area (Å²) in [7, 11) is 0. The Kier molecular flexibility index (Phi) is 4.10. The van der Waals surface area contributed by atoms with Crippen molar-refractivity contribution < 1.29 is 4.74 Å². The highest BCUT2D eigenvalue weighted by Gasteiger charge is 2.23. The van der Waals surface area contributed by atoms with Gasteiger partial charge in [0.05, 0.1) is 13.2 Å². The fourth-order valence-electron chi connectivity index (χ4n) is 3.39. The van der Waals surface area contributed by atoms with E-state index in [1.54, 1.807) is 6.33 Å². The lowest BCUT2D eigenvalue weighted by atomic mass is 9.94. The first-order valence-corrected chi connectivity index (χ1v) is 8.29. The summed E-state index contributed by atoms with van der Waals surface area (Å²) >= 11 is 0. The monoisotopic (exact) mass is 314 g/mol. The molecular weight excluding hydrogens is 292 g/mol. The molecule has 0 atom stereocenters. The molecule has 7 nitrogen and oxygen atoms in total. The molecule has 4 rings (SSSR count). The zero-order valence-corrected chi connectivity index (χ0v) is 13.2. The van der Waals surface area contributed by atoms with E-state index >= 15 is 0 Å². The normalized spacial score (nSPS) is 20.0. The van der Waals surface area contributed by atoms with Gasteiger partial charge in [0.15, 0.2) is 0 Å². The molecule has 7 heteroatoms. The van der Waals surface area contributed by atoms with E-state index < -0.39 is 0 Å². The van der Waals surface area contributed by atoms with Crippen molar-refractivity contribution in [3.8, 4) is 0 Å². The van der Waals surface area contributed by atoms with E-state index in [0.29, 0.717) is 5.92 Å². The first kappa shape index (κ1) is 14.4. The number of hydrogen-bond donors (Lipinski definition) is 1. The molecule has 0 saturated carbocycles. The highest BCUT2D eigenvalue weighted by molar-refractivity contribution is 5.50. The van der Waals surface area contributed by atoms with Crippen molar-refractivity contribution in [1.82, 2.24) is 20.2 Å². The van der Waals surface area contributed by atoms with Crippen LogP contribution in [-0.4, -0.2) is 59.6 Å². The van der Waals surface area contributed by atoms with Crippen LogP contribution in [0.1, 0.15) is 24.5 Å². The topological polar surface area (TPSA) is 70.2 Å². The zero-order chi connectivity index (χ0) is 15.5. The highest BCUT2D eigenvalue weighted by Crippen LogP contribution is 2.29. The molecule has 122 valence electrons. The van der Waals surface area contributed by atoms with Gasteiger partial charge in [0.25, 0.3) is 0 Å². The van der Waals surface area contributed by atoms with E-state index in [1.807, 2.05) is 6.20 Å². The van der Waals surface area contributed by atoms with E-state index in [1.165, 1.54) is 5.69 Å². The molecule has 4 heterocycles. The third kappa shape index (κ3) is 3.14. The molecular formula is C16H22N6O. The summed E-state index contributed by atoms with van der Waals surface area (Å²) in [6.07, 6.45) is 5.76. The summed E-state index contributed by atoms with van der Waals surface area (Å²) in [6, 6.07) is 4.20. The van der Waals surface area contributed by atoms with Crippen molar-refractivity contribution in [2.24, 2.45) is 0 Å². The number of aromatic amines is 1. The number of rotatable bonds is 3. The van der Waals surface area contributed by atoms with Crippen molar-refractivity contribution in [3.05, 3.63) is 30.4 Å². The number of nitrogens with one attached hydrogen (secondary N) is 1. The Labute approximate surface area is 135 Å². The summed E-state index contributed by atoms with van der Waals surface area (Å²) in [4.78, 5) is 13.5. The van der Waals surface area contributed by atoms with Gasteiger partial charge in [-0.25, -0.2) is 9.97 Å². The molecule has 2 aromatic rings. The molecule has 2 aromatic heterocycles. The molecule has 0 aromatic carbocycles. The first-order valence-electron chi connectivity index (χ1n) is 8.29. The second kappa shape index (κ2) is 6.54. The summed E-state index contributed by atoms with van der Waals surface area (Å²) in [5, 5.41) is 7.16. The predicted molar refractivity (Wildman–Crippen MR) is 87.8 cm³/mol. The van der Waals surface area contributed by atoms with Gasteiger partial charge in [0, 0.05) is 50.1 Å². The third-order valence-corrected chi connectivity index (χ3v) is 4.75. The molecule has 0 aliphatic carbocycles. The minimum absolute atomic E-state index is 0.578. The molecule has 0 amide bonds. The Morgan fingerprint density at radius 3 is 2.35 bits per heavy atom. The molecule has 2 aliphatic heterocycles. The van der Waals surface area contributed by atoms with Crippen molar-refractivity contribution in [2.75, 3.05) is 49.2 Å². The number of ether oxygens (including phenoxy) is 1. The summed E-state index contributed by atoms with van der Waals surface area (Å²) < 4.78 is 5.41. The van der Waals surface area contributed by atoms with Gasteiger partial charge in [0.2, 0.25) is 0 Å². The molecule has 0 unspecified atom stereocenters. The first-order chi connectivity index (χ1) is 11.4. The maximum atomic E-state index is 5.41. The number of piperidine rings is 1. The van der Waals surface area contributed by atoms with Crippen LogP contribution in [-0.2, 0) is 4.74 Å². The Morgan fingerprint density at radius 2 is 1.70 bits per heavy atom. The van der Waals surface area contributed by atoms with E-state index in [0.717, 1.165) is 63.9 Å². The van der Waals surface area contributed by atoms with Gasteiger partial charge in [-0.15, -0.1) is 0 Å². The molecule has 2 aliphatic rings. The maximum absolute atomic E-state index is 5.41. The van der Waals surface area contributed by atoms with Gasteiger partial charge in [-0.05, 0) is 18.9 Å². The predicted octanol–water partition coefficient (Wildman–Crippen LogP) is 1.42. The second-order valence-corrected chi connectivity index (χ2v) is 6.11. The molecule has 0 spiro atoms. The highest BCUT2D eigenvalue weighted by atomic mass is 16.5. The number of anilines is 2. The van der Waals surface area contributed by atoms with E-state index in [2.05, 4.69) is 42.1 Å². The molecule has 2 saturated heterocycles. The Balaban J connectivity index is 1.42. The van der Waals surface area contributed by atoms with Gasteiger partial charge in [-0.2, -0.15) is 5.10 Å². The van der Waals surface area contributed by atoms with Crippen LogP contribution in [0.5, 0.6) is 0 Å². The van der Waals surface area contributed by atoms with Crippen LogP contribution in [0.3, 0.4) is 0 Å². The van der Waals surface area contributed by atoms with Crippen LogP contribution in [0.15, 0.2) is 24.7 Å². The van der Waals surface area contributed by atoms with Crippen LogP contribution < -0.4 is 9.80 Å². The SMILES string of the molecule is c1cc(C2CCN(c3cc(N4CCOCC4)ncn3)CC2)[nH]n1. The van der Waals surface area contributed by atoms with E-state index in [4.69, 9.17) is 4.74 Å². The summed E-state index contributed by atoms with van der Waals surface area (Å²) in [5.41, 5.74) is 1.25. The number of H-pyrrole nitrogens is 1. The molecule has 0 bridgehead atoms. The number of hydrogen-bond acceptors (Lipinski definition) is 6. The minimum atomic E-state index is 0.578. The lowest BCUT2D eigenvalue weighted by Gasteiger charge is -2.33. The van der Waals surface area contributed by atoms with Gasteiger partial charge in [-0.1, -0.05) is 0 Å². The lowest BCUT2D eigenvalue weighted by molar-refractivity contribution is 0.122. The average Bonchev–Trinajstić information content (AvgIpc) is 3.17. The summed E-state index contributed by atoms with van der Waals surface area (Å²) in [5.74, 6) is 2.62. The molecule has 1 N–H and O–H groups in total. The quantitative estimate of drug-likeness (QED) is 0.924. The van der Waals surface area contributed by atoms with Crippen molar-refractivity contribution in [1.29, 1.82) is 0 Å². The average molecular weight is 314 g/mol. The largest absolute Gasteiger partial charge is 0.378 e. The Bertz CT molecular complexity index is 617. The Hall–Kier alpha value is -2.15. The van der Waals surface area contributed by atoms with Crippen LogP contribution in [0.4, 0.5) is 11.6 Å². The molecule has 2 fully saturated rings. The number of morpholine rings is 1. The molecule has 23 heavy (non-hydrogen) atoms. The van der Waals surface area contributed by atoms with Crippen LogP contribution in [0.2, 0.25) is 0 Å². The standard InChI is InChI=1S/C16H22N6O/c1-4-19-20-14(1)13-2-5-21(6-3-13)15-11-16(18-12-17-15)22-7-9-23-10-8-22/h1,4,11-13H,2-3,5-10H2,(H,19,20). The Morgan fingerprint density at radius 1 is 1.00 bits per heavy atom. The van der Waals surface area contributed by atoms with Gasteiger partial charge >= 0.3 is 0 Å². The second-order valence-electron chi connectivity index (χ2n) is 6.11. The van der Waals surface area contributed by atoms with Crippen molar-refractivity contribution in [3.63, 3.8) is 0 Å². The summed E-state index contributed by atoms with van der Waals surface area (Å²) in [6.45, 7) is 5.38. The lowest BCUT2D eigenvalue weighted by Crippen LogP contribution is -2.37. The fourth-order valence-corrected chi connectivity index (χ4v) is 3.39. The third-order valence-electron chi connectivity index (χ3n) is 4.75. The van der Waals surface area contributed by atoms with Crippen LogP contribution in [0, 0.1) is 0 Å². The van der Waals surface area contributed by atoms with Gasteiger partial charge in [0.1, 0.15) is 18.0 Å². The van der Waals surface area contributed by atoms with Crippen LogP contribution in [0.25, 0.3) is 0 Å². The van der Waals surface area contributed by atoms with Crippen LogP contribution >= 0.6 is 0 Å². The van der Waals surface area contributed by atoms with E-state index in [9.17, 15) is 0 Å². The molecule has 0 radical (unpaired) electrons. The van der Waals surface area contributed by atoms with Gasteiger partial charge in [-0.3, -0.25) is 5.10 Å². The van der Waals surface area contributed by atoms with Gasteiger partial charge < -0.3 is 14.5 Å². The van der Waals surface area contributed by atoms with Crippen molar-refractivity contribution >= 4 is 11.6 Å². The smallest absolute Gasteiger partial charge is 0.134 e. The van der Waals surface area contributed by atoms with Crippen molar-refractivity contribution in [2.45, 2.75) is 18.8 Å². The number of aromatic nitrogens is 4. The fraction of sp³-hybridized carbons (Fsp3) is 0.562. The van der Waals surface area contributed by atoms with E-state index in [-0.39, 0.29) is 0 Å². The number of nitrogens with zero attached hydrogens (tertiary/aromatic N) is 5.